The van der Waals surface area contributed by atoms with E-state index in [1.165, 1.54) is 24.4 Å². The van der Waals surface area contributed by atoms with E-state index in [-0.39, 0.29) is 11.9 Å². The highest BCUT2D eigenvalue weighted by Gasteiger charge is 2.39. The van der Waals surface area contributed by atoms with E-state index in [4.69, 9.17) is 0 Å². The maximum absolute atomic E-state index is 12.8. The van der Waals surface area contributed by atoms with Crippen molar-refractivity contribution in [3.63, 3.8) is 0 Å². The number of nitrogens with zero attached hydrogens (tertiary/aromatic N) is 1. The summed E-state index contributed by atoms with van der Waals surface area (Å²) in [5, 5.41) is 6.56. The summed E-state index contributed by atoms with van der Waals surface area (Å²) in [5.74, 6) is -0.119. The van der Waals surface area contributed by atoms with Gasteiger partial charge in [-0.2, -0.15) is 13.2 Å². The molecule has 3 heterocycles. The van der Waals surface area contributed by atoms with Crippen LogP contribution < -0.4 is 10.6 Å². The quantitative estimate of drug-likeness (QED) is 0.828. The van der Waals surface area contributed by atoms with Gasteiger partial charge in [-0.25, -0.2) is 0 Å². The first-order valence-corrected chi connectivity index (χ1v) is 9.57. The highest BCUT2D eigenvalue weighted by molar-refractivity contribution is 7.99. The number of hydrogen-bond acceptors (Lipinski definition) is 4. The number of rotatable bonds is 4. The molecular weight excluding hydrogens is 375 g/mol. The van der Waals surface area contributed by atoms with Crippen molar-refractivity contribution in [1.82, 2.24) is 15.6 Å². The molecule has 3 atom stereocenters. The molecule has 2 N–H and O–H groups in total. The van der Waals surface area contributed by atoms with Gasteiger partial charge in [-0.15, -0.1) is 0 Å². The second kappa shape index (κ2) is 7.16. The van der Waals surface area contributed by atoms with Crippen molar-refractivity contribution >= 4 is 17.7 Å². The molecule has 4 nitrogen and oxygen atoms in total. The summed E-state index contributed by atoms with van der Waals surface area (Å²) in [6.45, 7) is 0. The van der Waals surface area contributed by atoms with Crippen molar-refractivity contribution in [2.45, 2.75) is 53.4 Å². The molecule has 2 aliphatic rings. The zero-order valence-corrected chi connectivity index (χ0v) is 15.1. The number of pyridine rings is 1. The molecule has 1 aromatic heterocycles. The van der Waals surface area contributed by atoms with Crippen LogP contribution in [0.25, 0.3) is 0 Å². The van der Waals surface area contributed by atoms with E-state index in [0.717, 1.165) is 30.0 Å². The van der Waals surface area contributed by atoms with Gasteiger partial charge >= 0.3 is 6.18 Å². The Balaban J connectivity index is 1.39. The normalized spacial score (nSPS) is 24.2. The van der Waals surface area contributed by atoms with E-state index in [9.17, 15) is 18.0 Å². The molecule has 2 aliphatic heterocycles. The van der Waals surface area contributed by atoms with Gasteiger partial charge in [-0.3, -0.25) is 9.78 Å². The number of halogens is 3. The van der Waals surface area contributed by atoms with Gasteiger partial charge in [0, 0.05) is 45.9 Å². The Kier molecular flexibility index (Phi) is 4.86. The van der Waals surface area contributed by atoms with Crippen LogP contribution in [0.3, 0.4) is 0 Å². The number of aromatic nitrogens is 1. The van der Waals surface area contributed by atoms with E-state index in [2.05, 4.69) is 15.6 Å². The minimum absolute atomic E-state index is 0.119. The van der Waals surface area contributed by atoms with Crippen molar-refractivity contribution in [3.8, 4) is 0 Å². The molecule has 1 amide bonds. The third kappa shape index (κ3) is 4.11. The van der Waals surface area contributed by atoms with Gasteiger partial charge in [0.25, 0.3) is 5.91 Å². The van der Waals surface area contributed by atoms with Crippen LogP contribution in [0.2, 0.25) is 0 Å². The van der Waals surface area contributed by atoms with Crippen LogP contribution in [0, 0.1) is 0 Å². The van der Waals surface area contributed by atoms with Crippen LogP contribution in [0.15, 0.2) is 52.5 Å². The maximum atomic E-state index is 12.8. The molecule has 27 heavy (non-hydrogen) atoms. The summed E-state index contributed by atoms with van der Waals surface area (Å²) in [5.41, 5.74) is -0.229. The molecule has 3 unspecified atom stereocenters. The Bertz CT molecular complexity index is 841. The lowest BCUT2D eigenvalue weighted by atomic mass is 9.95. The first kappa shape index (κ1) is 18.3. The highest BCUT2D eigenvalue weighted by atomic mass is 32.2. The van der Waals surface area contributed by atoms with Gasteiger partial charge in [0.05, 0.1) is 5.56 Å². The minimum atomic E-state index is -4.42. The van der Waals surface area contributed by atoms with Gasteiger partial charge in [0.15, 0.2) is 0 Å². The Hall–Kier alpha value is -2.06. The van der Waals surface area contributed by atoms with Crippen molar-refractivity contribution in [1.29, 1.82) is 0 Å². The maximum Gasteiger partial charge on any atom is 0.417 e. The van der Waals surface area contributed by atoms with Crippen LogP contribution in [-0.2, 0) is 6.18 Å². The average Bonchev–Trinajstić information content (AvgIpc) is 3.25. The third-order valence-corrected chi connectivity index (χ3v) is 5.98. The summed E-state index contributed by atoms with van der Waals surface area (Å²) in [6.07, 6.45) is 1.02. The van der Waals surface area contributed by atoms with Crippen LogP contribution in [0.1, 0.15) is 35.2 Å². The largest absolute Gasteiger partial charge is 0.417 e. The fourth-order valence-corrected chi connectivity index (χ4v) is 4.52. The van der Waals surface area contributed by atoms with Crippen molar-refractivity contribution in [2.24, 2.45) is 0 Å². The standard InChI is InChI=1S/C19H18F3N3OS/c20-19(21,22)12-7-15(10-23-9-12)27-14-4-1-11(2-5-14)18(26)25-17-8-13-3-6-16(17)24-13/h1-2,4-5,7,9-10,13,16-17,24H,3,6,8H2,(H,25,26). The summed E-state index contributed by atoms with van der Waals surface area (Å²) in [6, 6.07) is 8.97. The van der Waals surface area contributed by atoms with Crippen LogP contribution >= 0.6 is 11.8 Å². The Morgan fingerprint density at radius 3 is 2.56 bits per heavy atom. The molecule has 8 heteroatoms. The number of alkyl halides is 3. The summed E-state index contributed by atoms with van der Waals surface area (Å²) in [4.78, 5) is 17.2. The molecule has 0 spiro atoms. The van der Waals surface area contributed by atoms with Gasteiger partial charge in [0.1, 0.15) is 0 Å². The molecule has 0 aliphatic carbocycles. The zero-order valence-electron chi connectivity index (χ0n) is 14.3. The topological polar surface area (TPSA) is 54.0 Å². The van der Waals surface area contributed by atoms with Gasteiger partial charge in [-0.05, 0) is 49.6 Å². The van der Waals surface area contributed by atoms with Crippen LogP contribution in [-0.4, -0.2) is 29.0 Å². The van der Waals surface area contributed by atoms with Crippen molar-refractivity contribution < 1.29 is 18.0 Å². The predicted molar refractivity (Wildman–Crippen MR) is 95.6 cm³/mol. The number of amides is 1. The second-order valence-corrected chi connectivity index (χ2v) is 8.04. The number of fused-ring (bicyclic) bond motifs is 2. The number of hydrogen-bond donors (Lipinski definition) is 2. The van der Waals surface area contributed by atoms with Crippen molar-refractivity contribution in [3.05, 3.63) is 53.9 Å². The lowest BCUT2D eigenvalue weighted by Crippen LogP contribution is -2.42. The summed E-state index contributed by atoms with van der Waals surface area (Å²) < 4.78 is 38.3. The van der Waals surface area contributed by atoms with Gasteiger partial charge < -0.3 is 10.6 Å². The Morgan fingerprint density at radius 1 is 1.15 bits per heavy atom. The summed E-state index contributed by atoms with van der Waals surface area (Å²) >= 11 is 1.18. The van der Waals surface area contributed by atoms with E-state index < -0.39 is 11.7 Å². The SMILES string of the molecule is O=C(NC1CC2CCC1N2)c1ccc(Sc2cncc(C(F)(F)F)c2)cc1. The molecule has 2 bridgehead atoms. The molecule has 2 aromatic rings. The zero-order chi connectivity index (χ0) is 19.0. The number of carbonyl (C=O) groups is 1. The van der Waals surface area contributed by atoms with E-state index in [0.29, 0.717) is 22.5 Å². The molecule has 2 fully saturated rings. The monoisotopic (exact) mass is 393 g/mol. The molecule has 142 valence electrons. The van der Waals surface area contributed by atoms with E-state index in [1.807, 2.05) is 0 Å². The van der Waals surface area contributed by atoms with Crippen molar-refractivity contribution in [2.75, 3.05) is 0 Å². The smallest absolute Gasteiger partial charge is 0.348 e. The molecule has 1 aromatic carbocycles. The van der Waals surface area contributed by atoms with Crippen LogP contribution in [0.5, 0.6) is 0 Å². The number of carbonyl (C=O) groups excluding carboxylic acids is 1. The highest BCUT2D eigenvalue weighted by Crippen LogP contribution is 2.34. The predicted octanol–water partition coefficient (Wildman–Crippen LogP) is 3.87. The second-order valence-electron chi connectivity index (χ2n) is 6.90. The average molecular weight is 393 g/mol. The molecular formula is C19H18F3N3OS. The minimum Gasteiger partial charge on any atom is -0.348 e. The lowest BCUT2D eigenvalue weighted by Gasteiger charge is -2.21. The van der Waals surface area contributed by atoms with Gasteiger partial charge in [-0.1, -0.05) is 11.8 Å². The molecule has 0 radical (unpaired) electrons. The Morgan fingerprint density at radius 2 is 1.93 bits per heavy atom. The van der Waals surface area contributed by atoms with Gasteiger partial charge in [0.2, 0.25) is 0 Å². The number of benzene rings is 1. The lowest BCUT2D eigenvalue weighted by molar-refractivity contribution is -0.138. The molecule has 0 saturated carbocycles. The molecule has 2 saturated heterocycles. The van der Waals surface area contributed by atoms with E-state index >= 15 is 0 Å². The number of nitrogens with one attached hydrogen (secondary N) is 2. The first-order chi connectivity index (χ1) is 12.9. The fraction of sp³-hybridized carbons (Fsp3) is 0.368. The fourth-order valence-electron chi connectivity index (χ4n) is 3.68. The van der Waals surface area contributed by atoms with Crippen LogP contribution in [0.4, 0.5) is 13.2 Å². The third-order valence-electron chi connectivity index (χ3n) is 5.01. The first-order valence-electron chi connectivity index (χ1n) is 8.75. The Labute approximate surface area is 158 Å². The summed E-state index contributed by atoms with van der Waals surface area (Å²) in [7, 11) is 0. The molecule has 4 rings (SSSR count). The van der Waals surface area contributed by atoms with E-state index in [1.54, 1.807) is 24.3 Å².